The van der Waals surface area contributed by atoms with Crippen molar-refractivity contribution in [3.8, 4) is 11.5 Å². The normalized spacial score (nSPS) is 18.1. The molecule has 1 heterocycles. The molecular formula is C31H41F3N2O4. The summed E-state index contributed by atoms with van der Waals surface area (Å²) < 4.78 is 52.7. The van der Waals surface area contributed by atoms with Gasteiger partial charge in [0.15, 0.2) is 5.60 Å². The van der Waals surface area contributed by atoms with Crippen LogP contribution < -0.4 is 9.47 Å². The highest BCUT2D eigenvalue weighted by Gasteiger charge is 2.35. The van der Waals surface area contributed by atoms with E-state index in [1.165, 1.54) is 19.9 Å². The van der Waals surface area contributed by atoms with Crippen molar-refractivity contribution in [1.82, 2.24) is 9.80 Å². The lowest BCUT2D eigenvalue weighted by molar-refractivity contribution is -0.152. The number of carbonyl (C=O) groups is 1. The van der Waals surface area contributed by atoms with Gasteiger partial charge in [-0.2, -0.15) is 13.2 Å². The maximum atomic E-state index is 13.7. The molecule has 2 aromatic rings. The van der Waals surface area contributed by atoms with Crippen LogP contribution in [0.4, 0.5) is 13.2 Å². The van der Waals surface area contributed by atoms with Gasteiger partial charge in [-0.1, -0.05) is 24.6 Å². The third kappa shape index (κ3) is 7.69. The zero-order valence-corrected chi connectivity index (χ0v) is 23.9. The summed E-state index contributed by atoms with van der Waals surface area (Å²) in [6.45, 7) is 11.6. The number of rotatable bonds is 9. The highest BCUT2D eigenvalue weighted by atomic mass is 19.4. The number of ether oxygens (including phenoxy) is 2. The van der Waals surface area contributed by atoms with Crippen LogP contribution in [-0.4, -0.2) is 58.8 Å². The first kappa shape index (κ1) is 30.2. The minimum atomic E-state index is -4.44. The maximum absolute atomic E-state index is 13.7. The van der Waals surface area contributed by atoms with E-state index in [1.807, 2.05) is 26.0 Å². The molecule has 2 aliphatic rings. The number of halogens is 3. The first-order chi connectivity index (χ1) is 18.8. The van der Waals surface area contributed by atoms with Gasteiger partial charge >= 0.3 is 12.1 Å². The number of piperazine rings is 1. The average molecular weight is 563 g/mol. The molecule has 4 rings (SSSR count). The molecular weight excluding hydrogens is 521 g/mol. The van der Waals surface area contributed by atoms with E-state index in [2.05, 4.69) is 9.80 Å². The minimum Gasteiger partial charge on any atom is -0.490 e. The predicted octanol–water partition coefficient (Wildman–Crippen LogP) is 6.59. The topological polar surface area (TPSA) is 62.2 Å². The minimum absolute atomic E-state index is 0.0413. The quantitative estimate of drug-likeness (QED) is 0.372. The zero-order chi connectivity index (χ0) is 29.1. The van der Waals surface area contributed by atoms with Crippen LogP contribution in [-0.2, 0) is 24.1 Å². The molecule has 1 N–H and O–H groups in total. The zero-order valence-electron chi connectivity index (χ0n) is 23.9. The Morgan fingerprint density at radius 2 is 1.45 bits per heavy atom. The number of benzene rings is 2. The van der Waals surface area contributed by atoms with Gasteiger partial charge in [0.1, 0.15) is 11.5 Å². The van der Waals surface area contributed by atoms with Gasteiger partial charge in [0.2, 0.25) is 0 Å². The van der Waals surface area contributed by atoms with Gasteiger partial charge in [-0.15, -0.1) is 0 Å². The number of hydrogen-bond donors (Lipinski definition) is 1. The Morgan fingerprint density at radius 3 is 1.98 bits per heavy atom. The van der Waals surface area contributed by atoms with Gasteiger partial charge in [0.05, 0.1) is 11.7 Å². The summed E-state index contributed by atoms with van der Waals surface area (Å²) >= 11 is 0. The van der Waals surface area contributed by atoms with Crippen LogP contribution in [0.3, 0.4) is 0 Å². The Kier molecular flexibility index (Phi) is 9.35. The molecule has 1 saturated heterocycles. The van der Waals surface area contributed by atoms with E-state index < -0.39 is 23.3 Å². The molecule has 0 unspecified atom stereocenters. The fraction of sp³-hybridized carbons (Fsp3) is 0.581. The number of alkyl halides is 3. The maximum Gasteiger partial charge on any atom is 0.419 e. The van der Waals surface area contributed by atoms with E-state index in [4.69, 9.17) is 9.47 Å². The lowest BCUT2D eigenvalue weighted by atomic mass is 9.97. The molecule has 0 amide bonds. The summed E-state index contributed by atoms with van der Waals surface area (Å²) in [5.74, 6) is -0.456. The third-order valence-corrected chi connectivity index (χ3v) is 7.87. The van der Waals surface area contributed by atoms with E-state index in [1.54, 1.807) is 12.1 Å². The summed E-state index contributed by atoms with van der Waals surface area (Å²) in [4.78, 5) is 16.1. The summed E-state index contributed by atoms with van der Waals surface area (Å²) in [5.41, 5.74) is 1.76. The Balaban J connectivity index is 1.35. The highest BCUT2D eigenvalue weighted by molar-refractivity contribution is 5.77. The van der Waals surface area contributed by atoms with Crippen molar-refractivity contribution in [2.45, 2.75) is 90.8 Å². The van der Waals surface area contributed by atoms with Crippen LogP contribution in [0.5, 0.6) is 11.5 Å². The molecule has 6 nitrogen and oxygen atoms in total. The fourth-order valence-corrected chi connectivity index (χ4v) is 5.57. The molecule has 1 aliphatic carbocycles. The van der Waals surface area contributed by atoms with Crippen LogP contribution in [0.15, 0.2) is 30.3 Å². The van der Waals surface area contributed by atoms with Crippen LogP contribution in [0, 0.1) is 13.8 Å². The van der Waals surface area contributed by atoms with Crippen LogP contribution in [0.25, 0.3) is 0 Å². The first-order valence-corrected chi connectivity index (χ1v) is 14.2. The third-order valence-electron chi connectivity index (χ3n) is 7.87. The smallest absolute Gasteiger partial charge is 0.419 e. The fourth-order valence-electron chi connectivity index (χ4n) is 5.57. The molecule has 0 radical (unpaired) electrons. The largest absolute Gasteiger partial charge is 0.490 e. The second kappa shape index (κ2) is 12.4. The standard InChI is InChI=1S/C31H41F3N2O4/c1-21-16-24(17-22(2)28(21)40-30(3,4)29(37)38)20-36-14-12-35(13-15-36)19-23-10-11-26(31(32,33)34)27(18-23)39-25-8-6-5-7-9-25/h10-11,16-18,25H,5-9,12-15,19-20H2,1-4H3,(H,37,38). The number of carboxylic acids is 1. The molecule has 0 spiro atoms. The van der Waals surface area contributed by atoms with Crippen molar-refractivity contribution in [2.24, 2.45) is 0 Å². The van der Waals surface area contributed by atoms with E-state index in [9.17, 15) is 23.1 Å². The molecule has 2 fully saturated rings. The monoisotopic (exact) mass is 562 g/mol. The van der Waals surface area contributed by atoms with Crippen molar-refractivity contribution in [3.05, 3.63) is 58.1 Å². The van der Waals surface area contributed by atoms with E-state index >= 15 is 0 Å². The van der Waals surface area contributed by atoms with Crippen molar-refractivity contribution < 1.29 is 32.5 Å². The van der Waals surface area contributed by atoms with E-state index in [-0.39, 0.29) is 11.9 Å². The van der Waals surface area contributed by atoms with Crippen molar-refractivity contribution in [2.75, 3.05) is 26.2 Å². The SMILES string of the molecule is Cc1cc(CN2CCN(Cc3ccc(C(F)(F)F)c(OC4CCCCC4)c3)CC2)cc(C)c1OC(C)(C)C(=O)O. The lowest BCUT2D eigenvalue weighted by Crippen LogP contribution is -2.45. The average Bonchev–Trinajstić information content (AvgIpc) is 2.87. The summed E-state index contributed by atoms with van der Waals surface area (Å²) in [6.07, 6.45) is 0.123. The number of aryl methyl sites for hydroxylation is 2. The number of hydrogen-bond acceptors (Lipinski definition) is 5. The second-order valence-corrected chi connectivity index (χ2v) is 11.7. The van der Waals surface area contributed by atoms with Crippen LogP contribution in [0.1, 0.15) is 73.8 Å². The molecule has 2 aromatic carbocycles. The van der Waals surface area contributed by atoms with E-state index in [0.29, 0.717) is 12.3 Å². The predicted molar refractivity (Wildman–Crippen MR) is 148 cm³/mol. The molecule has 0 bridgehead atoms. The second-order valence-electron chi connectivity index (χ2n) is 11.7. The molecule has 0 aromatic heterocycles. The van der Waals surface area contributed by atoms with Crippen molar-refractivity contribution in [3.63, 3.8) is 0 Å². The molecule has 9 heteroatoms. The molecule has 1 saturated carbocycles. The summed E-state index contributed by atoms with van der Waals surface area (Å²) in [7, 11) is 0. The van der Waals surface area contributed by atoms with Crippen molar-refractivity contribution in [1.29, 1.82) is 0 Å². The molecule has 220 valence electrons. The lowest BCUT2D eigenvalue weighted by Gasteiger charge is -2.35. The van der Waals surface area contributed by atoms with Gasteiger partial charge in [-0.25, -0.2) is 4.79 Å². The first-order valence-electron chi connectivity index (χ1n) is 14.2. The van der Waals surface area contributed by atoms with Gasteiger partial charge in [0.25, 0.3) is 0 Å². The number of nitrogens with zero attached hydrogens (tertiary/aromatic N) is 2. The van der Waals surface area contributed by atoms with Gasteiger partial charge < -0.3 is 14.6 Å². The van der Waals surface area contributed by atoms with Gasteiger partial charge in [-0.05, 0) is 87.8 Å². The number of carboxylic acid groups (broad SMARTS) is 1. The Bertz CT molecular complexity index is 1160. The van der Waals surface area contributed by atoms with Crippen LogP contribution >= 0.6 is 0 Å². The van der Waals surface area contributed by atoms with Crippen LogP contribution in [0.2, 0.25) is 0 Å². The Hall–Kier alpha value is -2.78. The summed E-state index contributed by atoms with van der Waals surface area (Å²) in [6, 6.07) is 8.42. The molecule has 1 aliphatic heterocycles. The van der Waals surface area contributed by atoms with Gasteiger partial charge in [0, 0.05) is 39.3 Å². The Morgan fingerprint density at radius 1 is 0.900 bits per heavy atom. The highest BCUT2D eigenvalue weighted by Crippen LogP contribution is 2.38. The van der Waals surface area contributed by atoms with E-state index in [0.717, 1.165) is 87.1 Å². The number of aliphatic carboxylic acids is 1. The molecule has 0 atom stereocenters. The Labute approximate surface area is 235 Å². The van der Waals surface area contributed by atoms with Crippen molar-refractivity contribution >= 4 is 5.97 Å². The summed E-state index contributed by atoms with van der Waals surface area (Å²) in [5, 5.41) is 9.41. The van der Waals surface area contributed by atoms with Gasteiger partial charge in [-0.3, -0.25) is 9.80 Å². The molecule has 40 heavy (non-hydrogen) atoms.